The number of carbonyl (C=O) groups is 3. The Morgan fingerprint density at radius 2 is 1.74 bits per heavy atom. The molecule has 1 heterocycles. The lowest BCUT2D eigenvalue weighted by Gasteiger charge is -2.23. The minimum Gasteiger partial charge on any atom is -0.473 e. The van der Waals surface area contributed by atoms with E-state index in [9.17, 15) is 4.79 Å². The van der Waals surface area contributed by atoms with Crippen molar-refractivity contribution in [3.8, 4) is 0 Å². The smallest absolute Gasteiger partial charge is 0.414 e. The maximum Gasteiger partial charge on any atom is 0.414 e. The van der Waals surface area contributed by atoms with Crippen molar-refractivity contribution >= 4 is 23.5 Å². The van der Waals surface area contributed by atoms with E-state index in [1.165, 1.54) is 5.56 Å². The Balaban J connectivity index is 0.000000527. The van der Waals surface area contributed by atoms with E-state index >= 15 is 0 Å². The van der Waals surface area contributed by atoms with Gasteiger partial charge in [-0.2, -0.15) is 0 Å². The van der Waals surface area contributed by atoms with Crippen LogP contribution < -0.4 is 10.2 Å². The topological polar surface area (TPSA) is 110 Å². The maximum absolute atomic E-state index is 12.5. The molecule has 0 saturated carbocycles. The van der Waals surface area contributed by atoms with Gasteiger partial charge in [0.2, 0.25) is 5.91 Å². The predicted molar refractivity (Wildman–Crippen MR) is 103 cm³/mol. The Bertz CT molecular complexity index is 634. The summed E-state index contributed by atoms with van der Waals surface area (Å²) in [4.78, 5) is 34.9. The summed E-state index contributed by atoms with van der Waals surface area (Å²) in [6.45, 7) is 10.8. The maximum atomic E-state index is 12.5. The zero-order valence-electron chi connectivity index (χ0n) is 16.1. The number of fused-ring (bicyclic) bond motifs is 1. The number of carboxylic acids is 2. The third-order valence-electron chi connectivity index (χ3n) is 4.43. The van der Waals surface area contributed by atoms with E-state index in [2.05, 4.69) is 37.1 Å². The number of nitrogens with one attached hydrogen (secondary N) is 1. The summed E-state index contributed by atoms with van der Waals surface area (Å²) < 4.78 is 0. The molecule has 1 aromatic carbocycles. The quantitative estimate of drug-likeness (QED) is 0.480. The fraction of sp³-hybridized carbons (Fsp3) is 0.526. The largest absolute Gasteiger partial charge is 0.473 e. The van der Waals surface area contributed by atoms with Crippen molar-refractivity contribution in [1.29, 1.82) is 0 Å². The van der Waals surface area contributed by atoms with Gasteiger partial charge >= 0.3 is 11.9 Å². The molecule has 0 spiro atoms. The van der Waals surface area contributed by atoms with Gasteiger partial charge in [0.25, 0.3) is 0 Å². The molecule has 0 radical (unpaired) electrons. The van der Waals surface area contributed by atoms with Crippen LogP contribution in [0.4, 0.5) is 5.69 Å². The van der Waals surface area contributed by atoms with Gasteiger partial charge in [0.1, 0.15) is 0 Å². The molecule has 2 rings (SSSR count). The Labute approximate surface area is 159 Å². The zero-order valence-corrected chi connectivity index (χ0v) is 16.1. The van der Waals surface area contributed by atoms with Crippen LogP contribution in [-0.2, 0) is 20.8 Å². The van der Waals surface area contributed by atoms with Gasteiger partial charge in [0.05, 0.1) is 6.54 Å². The first-order valence-electron chi connectivity index (χ1n) is 9.11. The van der Waals surface area contributed by atoms with Crippen LogP contribution in [0, 0.1) is 0 Å². The molecule has 0 aliphatic carbocycles. The molecule has 8 nitrogen and oxygen atoms in total. The lowest BCUT2D eigenvalue weighted by molar-refractivity contribution is -0.159. The van der Waals surface area contributed by atoms with Crippen LogP contribution in [0.1, 0.15) is 26.3 Å². The Hall–Kier alpha value is -2.45. The second kappa shape index (κ2) is 11.3. The fourth-order valence-electron chi connectivity index (χ4n) is 3.00. The molecule has 0 saturated heterocycles. The van der Waals surface area contributed by atoms with Crippen molar-refractivity contribution < 1.29 is 24.6 Å². The van der Waals surface area contributed by atoms with Gasteiger partial charge in [0.15, 0.2) is 0 Å². The fourth-order valence-corrected chi connectivity index (χ4v) is 3.00. The van der Waals surface area contributed by atoms with Gasteiger partial charge in [-0.15, -0.1) is 0 Å². The first kappa shape index (κ1) is 22.6. The number of hydrogen-bond acceptors (Lipinski definition) is 5. The molecule has 1 aromatic rings. The second-order valence-corrected chi connectivity index (χ2v) is 6.26. The average molecular weight is 379 g/mol. The number of anilines is 1. The van der Waals surface area contributed by atoms with Crippen molar-refractivity contribution in [3.05, 3.63) is 29.8 Å². The van der Waals surface area contributed by atoms with E-state index in [4.69, 9.17) is 19.8 Å². The van der Waals surface area contributed by atoms with Crippen molar-refractivity contribution in [3.63, 3.8) is 0 Å². The molecule has 0 fully saturated rings. The van der Waals surface area contributed by atoms with Crippen molar-refractivity contribution in [2.75, 3.05) is 37.6 Å². The van der Waals surface area contributed by atoms with E-state index in [0.717, 1.165) is 38.3 Å². The number of hydrogen-bond donors (Lipinski definition) is 3. The number of para-hydroxylation sites is 1. The van der Waals surface area contributed by atoms with E-state index in [0.29, 0.717) is 6.54 Å². The SMILES string of the molecule is CCN(CC)CCNCC(=O)N1c2ccccc2CC1C.O=C(O)C(=O)O. The normalized spacial score (nSPS) is 15.1. The van der Waals surface area contributed by atoms with Gasteiger partial charge in [-0.05, 0) is 38.1 Å². The Morgan fingerprint density at radius 3 is 2.30 bits per heavy atom. The standard InChI is InChI=1S/C17H27N3O.C2H2O4/c1-4-19(5-2)11-10-18-13-17(21)20-14(3)12-15-8-6-7-9-16(15)20;3-1(4)2(5)6/h6-9,14,18H,4-5,10-13H2,1-3H3;(H,3,4)(H,5,6). The highest BCUT2D eigenvalue weighted by Gasteiger charge is 2.29. The number of rotatable bonds is 7. The van der Waals surface area contributed by atoms with E-state index < -0.39 is 11.9 Å². The number of amides is 1. The van der Waals surface area contributed by atoms with Crippen LogP contribution >= 0.6 is 0 Å². The van der Waals surface area contributed by atoms with Gasteiger partial charge in [-0.1, -0.05) is 32.0 Å². The lowest BCUT2D eigenvalue weighted by Crippen LogP contribution is -2.43. The lowest BCUT2D eigenvalue weighted by atomic mass is 10.1. The van der Waals surface area contributed by atoms with Crippen LogP contribution in [-0.4, -0.2) is 71.7 Å². The van der Waals surface area contributed by atoms with Crippen molar-refractivity contribution in [2.45, 2.75) is 33.2 Å². The third kappa shape index (κ3) is 6.99. The molecule has 27 heavy (non-hydrogen) atoms. The number of nitrogens with zero attached hydrogens (tertiary/aromatic N) is 2. The van der Waals surface area contributed by atoms with E-state index in [1.54, 1.807) is 0 Å². The molecule has 1 atom stereocenters. The highest BCUT2D eigenvalue weighted by atomic mass is 16.4. The summed E-state index contributed by atoms with van der Waals surface area (Å²) in [7, 11) is 0. The van der Waals surface area contributed by atoms with Crippen LogP contribution in [0.3, 0.4) is 0 Å². The van der Waals surface area contributed by atoms with Gasteiger partial charge in [-0.3, -0.25) is 4.79 Å². The molecular weight excluding hydrogens is 350 g/mol. The summed E-state index contributed by atoms with van der Waals surface area (Å²) in [6.07, 6.45) is 0.960. The molecule has 8 heteroatoms. The van der Waals surface area contributed by atoms with E-state index in [-0.39, 0.29) is 11.9 Å². The minimum absolute atomic E-state index is 0.173. The number of benzene rings is 1. The molecule has 0 bridgehead atoms. The van der Waals surface area contributed by atoms with E-state index in [1.807, 2.05) is 23.1 Å². The van der Waals surface area contributed by atoms with Gasteiger partial charge in [-0.25, -0.2) is 9.59 Å². The first-order valence-corrected chi connectivity index (χ1v) is 9.11. The van der Waals surface area contributed by atoms with Gasteiger partial charge < -0.3 is 25.3 Å². The molecule has 1 unspecified atom stereocenters. The monoisotopic (exact) mass is 379 g/mol. The Kier molecular flexibility index (Phi) is 9.46. The summed E-state index contributed by atoms with van der Waals surface area (Å²) in [6, 6.07) is 8.48. The molecule has 1 aliphatic heterocycles. The molecule has 1 amide bonds. The minimum atomic E-state index is -1.82. The van der Waals surface area contributed by atoms with Crippen molar-refractivity contribution in [2.24, 2.45) is 0 Å². The summed E-state index contributed by atoms with van der Waals surface area (Å²) in [5.74, 6) is -3.48. The van der Waals surface area contributed by atoms with Crippen LogP contribution in [0.25, 0.3) is 0 Å². The van der Waals surface area contributed by atoms with Crippen LogP contribution in [0.15, 0.2) is 24.3 Å². The highest BCUT2D eigenvalue weighted by molar-refractivity contribution is 6.27. The number of carbonyl (C=O) groups excluding carboxylic acids is 1. The molecule has 150 valence electrons. The molecule has 1 aliphatic rings. The molecular formula is C19H29N3O5. The number of carboxylic acid groups (broad SMARTS) is 2. The molecule has 3 N–H and O–H groups in total. The zero-order chi connectivity index (χ0) is 20.4. The summed E-state index contributed by atoms with van der Waals surface area (Å²) in [5.41, 5.74) is 2.36. The average Bonchev–Trinajstić information content (AvgIpc) is 2.98. The van der Waals surface area contributed by atoms with Crippen LogP contribution in [0.2, 0.25) is 0 Å². The highest BCUT2D eigenvalue weighted by Crippen LogP contribution is 2.31. The third-order valence-corrected chi connectivity index (χ3v) is 4.43. The number of likely N-dealkylation sites (N-methyl/N-ethyl adjacent to an activating group) is 1. The van der Waals surface area contributed by atoms with Crippen LogP contribution in [0.5, 0.6) is 0 Å². The summed E-state index contributed by atoms with van der Waals surface area (Å²) >= 11 is 0. The molecule has 0 aromatic heterocycles. The number of aliphatic carboxylic acids is 2. The van der Waals surface area contributed by atoms with Crippen molar-refractivity contribution in [1.82, 2.24) is 10.2 Å². The Morgan fingerprint density at radius 1 is 1.15 bits per heavy atom. The first-order chi connectivity index (χ1) is 12.8. The summed E-state index contributed by atoms with van der Waals surface area (Å²) in [5, 5.41) is 18.1. The second-order valence-electron chi connectivity index (χ2n) is 6.26. The van der Waals surface area contributed by atoms with Gasteiger partial charge in [0, 0.05) is 24.8 Å². The predicted octanol–water partition coefficient (Wildman–Crippen LogP) is 1.05.